The fourth-order valence-electron chi connectivity index (χ4n) is 5.71. The van der Waals surface area contributed by atoms with Crippen LogP contribution < -0.4 is 0 Å². The molecule has 6 heteroatoms. The number of allylic oxidation sites excluding steroid dienone is 1. The number of aliphatic imine (C=N–C) groups is 1. The second-order valence-corrected chi connectivity index (χ2v) is 11.0. The van der Waals surface area contributed by atoms with Gasteiger partial charge in [0.2, 0.25) is 0 Å². The zero-order chi connectivity index (χ0) is 28.4. The number of hydrogen-bond acceptors (Lipinski definition) is 5. The van der Waals surface area contributed by atoms with Crippen LogP contribution in [0.4, 0.5) is 0 Å². The molecule has 2 heterocycles. The van der Waals surface area contributed by atoms with Crippen LogP contribution in [0.25, 0.3) is 10.8 Å². The number of H-pyrrole nitrogens is 1. The van der Waals surface area contributed by atoms with E-state index in [1.54, 1.807) is 6.20 Å². The van der Waals surface area contributed by atoms with Gasteiger partial charge in [-0.2, -0.15) is 0 Å². The Morgan fingerprint density at radius 3 is 2.27 bits per heavy atom. The lowest BCUT2D eigenvalue weighted by Crippen LogP contribution is -2.29. The Bertz CT molecular complexity index is 1480. The largest absolute Gasteiger partial charge is 0.348 e. The number of nitrogens with one attached hydrogen (secondary N) is 1. The summed E-state index contributed by atoms with van der Waals surface area (Å²) in [6.07, 6.45) is 11.2. The molecule has 0 amide bonds. The number of carbonyl (C=O) groups excluding carboxylic acids is 1. The number of rotatable bonds is 15. The van der Waals surface area contributed by atoms with Crippen molar-refractivity contribution in [3.63, 3.8) is 0 Å². The third-order valence-corrected chi connectivity index (χ3v) is 7.63. The van der Waals surface area contributed by atoms with E-state index in [9.17, 15) is 4.79 Å². The molecule has 0 spiro atoms. The van der Waals surface area contributed by atoms with Gasteiger partial charge < -0.3 is 4.98 Å². The van der Waals surface area contributed by atoms with E-state index in [1.165, 1.54) is 11.1 Å². The predicted molar refractivity (Wildman–Crippen MR) is 168 cm³/mol. The summed E-state index contributed by atoms with van der Waals surface area (Å²) in [5.74, 6) is 1.08. The van der Waals surface area contributed by atoms with E-state index in [2.05, 4.69) is 93.2 Å². The zero-order valence-corrected chi connectivity index (χ0v) is 24.4. The van der Waals surface area contributed by atoms with Crippen molar-refractivity contribution in [2.45, 2.75) is 59.2 Å². The Labute approximate surface area is 243 Å². The van der Waals surface area contributed by atoms with Crippen LogP contribution in [0.3, 0.4) is 0 Å². The molecular formula is C35H41N5O. The van der Waals surface area contributed by atoms with Gasteiger partial charge >= 0.3 is 0 Å². The molecule has 0 radical (unpaired) electrons. The van der Waals surface area contributed by atoms with Gasteiger partial charge in [-0.3, -0.25) is 19.6 Å². The highest BCUT2D eigenvalue weighted by Crippen LogP contribution is 2.26. The van der Waals surface area contributed by atoms with Gasteiger partial charge in [0, 0.05) is 62.3 Å². The van der Waals surface area contributed by atoms with Gasteiger partial charge in [-0.25, -0.2) is 4.98 Å². The van der Waals surface area contributed by atoms with Crippen LogP contribution >= 0.6 is 0 Å². The van der Waals surface area contributed by atoms with E-state index in [0.717, 1.165) is 85.4 Å². The molecule has 1 N–H and O–H groups in total. The minimum Gasteiger partial charge on any atom is -0.348 e. The maximum absolute atomic E-state index is 13.6. The fourth-order valence-corrected chi connectivity index (χ4v) is 5.71. The van der Waals surface area contributed by atoms with E-state index in [-0.39, 0.29) is 5.78 Å². The van der Waals surface area contributed by atoms with Gasteiger partial charge in [-0.05, 0) is 53.4 Å². The number of benzene rings is 3. The highest BCUT2D eigenvalue weighted by molar-refractivity contribution is 6.09. The Kier molecular flexibility index (Phi) is 9.89. The normalized spacial score (nSPS) is 13.0. The number of ketones is 1. The zero-order valence-electron chi connectivity index (χ0n) is 24.4. The van der Waals surface area contributed by atoms with Crippen LogP contribution in [-0.2, 0) is 26.1 Å². The van der Waals surface area contributed by atoms with Crippen molar-refractivity contribution in [2.24, 2.45) is 4.99 Å². The average molecular weight is 548 g/mol. The number of hydrogen-bond donors (Lipinski definition) is 1. The molecule has 1 aliphatic heterocycles. The Balaban J connectivity index is 1.32. The summed E-state index contributed by atoms with van der Waals surface area (Å²) in [4.78, 5) is 30.7. The molecule has 1 aliphatic rings. The van der Waals surface area contributed by atoms with Gasteiger partial charge in [0.25, 0.3) is 0 Å². The molecule has 0 saturated heterocycles. The summed E-state index contributed by atoms with van der Waals surface area (Å²) in [5, 5.41) is 2.13. The number of aromatic amines is 1. The van der Waals surface area contributed by atoms with Crippen LogP contribution in [0.5, 0.6) is 0 Å². The minimum atomic E-state index is 0.151. The van der Waals surface area contributed by atoms with Gasteiger partial charge in [-0.1, -0.05) is 80.6 Å². The molecule has 6 nitrogen and oxygen atoms in total. The van der Waals surface area contributed by atoms with Crippen molar-refractivity contribution in [2.75, 3.05) is 19.6 Å². The van der Waals surface area contributed by atoms with E-state index in [1.807, 2.05) is 24.5 Å². The summed E-state index contributed by atoms with van der Waals surface area (Å²) >= 11 is 0. The number of aromatic nitrogens is 2. The van der Waals surface area contributed by atoms with Crippen LogP contribution in [-0.4, -0.2) is 50.9 Å². The van der Waals surface area contributed by atoms with Gasteiger partial charge in [0.1, 0.15) is 5.82 Å². The van der Waals surface area contributed by atoms with E-state index < -0.39 is 0 Å². The molecule has 0 atom stereocenters. The summed E-state index contributed by atoms with van der Waals surface area (Å²) in [6, 6.07) is 21.0. The summed E-state index contributed by atoms with van der Waals surface area (Å²) < 4.78 is 0. The third kappa shape index (κ3) is 7.66. The van der Waals surface area contributed by atoms with Gasteiger partial charge in [0.05, 0.1) is 6.54 Å². The number of imidazole rings is 1. The van der Waals surface area contributed by atoms with Gasteiger partial charge in [0.15, 0.2) is 5.78 Å². The molecule has 0 fully saturated rings. The van der Waals surface area contributed by atoms with Crippen molar-refractivity contribution < 1.29 is 4.79 Å². The highest BCUT2D eigenvalue weighted by Gasteiger charge is 2.17. The molecule has 5 rings (SSSR count). The number of Topliss-reactive ketones (excluding diaryl/α,β-unsaturated/α-hetero) is 1. The second-order valence-electron chi connectivity index (χ2n) is 11.0. The van der Waals surface area contributed by atoms with E-state index >= 15 is 0 Å². The maximum atomic E-state index is 13.6. The van der Waals surface area contributed by atoms with Crippen molar-refractivity contribution >= 4 is 22.3 Å². The molecule has 3 aromatic carbocycles. The first-order valence-corrected chi connectivity index (χ1v) is 14.9. The molecule has 0 unspecified atom stereocenters. The van der Waals surface area contributed by atoms with Crippen molar-refractivity contribution in [1.29, 1.82) is 0 Å². The molecule has 4 aromatic rings. The number of fused-ring (bicyclic) bond motifs is 1. The molecule has 41 heavy (non-hydrogen) atoms. The van der Waals surface area contributed by atoms with E-state index in [0.29, 0.717) is 13.0 Å². The minimum absolute atomic E-state index is 0.151. The first-order valence-electron chi connectivity index (χ1n) is 14.9. The van der Waals surface area contributed by atoms with Crippen molar-refractivity contribution in [3.05, 3.63) is 113 Å². The standard InChI is InChI=1S/C35H41N5O/c1-3-20-39(21-4-2)23-28-13-11-27(12-14-28)22-34(41)33-16-15-29(31-9-5-6-10-32(31)33)24-40(25-30-8-7-17-36-30)26-35-37-18-19-38-35/h5-7,9-19H,3-4,8,20-26H2,1-2H3,(H,37,38). The summed E-state index contributed by atoms with van der Waals surface area (Å²) in [7, 11) is 0. The summed E-state index contributed by atoms with van der Waals surface area (Å²) in [5.41, 5.74) is 5.49. The smallest absolute Gasteiger partial charge is 0.167 e. The van der Waals surface area contributed by atoms with E-state index in [4.69, 9.17) is 0 Å². The molecule has 212 valence electrons. The first kappa shape index (κ1) is 28.7. The monoisotopic (exact) mass is 547 g/mol. The molecule has 0 saturated carbocycles. The molecule has 0 bridgehead atoms. The third-order valence-electron chi connectivity index (χ3n) is 7.63. The lowest BCUT2D eigenvalue weighted by Gasteiger charge is -2.23. The lowest BCUT2D eigenvalue weighted by atomic mass is 9.94. The fraction of sp³-hybridized carbons (Fsp3) is 0.343. The second kappa shape index (κ2) is 14.2. The average Bonchev–Trinajstić information content (AvgIpc) is 3.69. The van der Waals surface area contributed by atoms with Crippen LogP contribution in [0.2, 0.25) is 0 Å². The van der Waals surface area contributed by atoms with Crippen molar-refractivity contribution in [1.82, 2.24) is 19.8 Å². The SMILES string of the molecule is CCCN(CCC)Cc1ccc(CC(=O)c2ccc(CN(CC3=NC=CC3)Cc3ncc[nH]3)c3ccccc23)cc1. The van der Waals surface area contributed by atoms with Crippen LogP contribution in [0, 0.1) is 0 Å². The summed E-state index contributed by atoms with van der Waals surface area (Å²) in [6.45, 7) is 9.86. The molecule has 1 aromatic heterocycles. The maximum Gasteiger partial charge on any atom is 0.167 e. The number of carbonyl (C=O) groups is 1. The van der Waals surface area contributed by atoms with Crippen molar-refractivity contribution in [3.8, 4) is 0 Å². The quantitative estimate of drug-likeness (QED) is 0.163. The molecular weight excluding hydrogens is 506 g/mol. The first-order chi connectivity index (χ1) is 20.1. The lowest BCUT2D eigenvalue weighted by molar-refractivity contribution is 0.0994. The Morgan fingerprint density at radius 2 is 1.59 bits per heavy atom. The Hall–Kier alpha value is -3.87. The highest BCUT2D eigenvalue weighted by atomic mass is 16.1. The van der Waals surface area contributed by atoms with Crippen LogP contribution in [0.15, 0.2) is 90.3 Å². The Morgan fingerprint density at radius 1 is 0.829 bits per heavy atom. The predicted octanol–water partition coefficient (Wildman–Crippen LogP) is 6.97. The topological polar surface area (TPSA) is 64.6 Å². The molecule has 0 aliphatic carbocycles. The van der Waals surface area contributed by atoms with Crippen LogP contribution in [0.1, 0.15) is 66.0 Å². The van der Waals surface area contributed by atoms with Gasteiger partial charge in [-0.15, -0.1) is 0 Å². The number of nitrogens with zero attached hydrogens (tertiary/aromatic N) is 4.